The quantitative estimate of drug-likeness (QED) is 0.605. The molecule has 0 amide bonds. The van der Waals surface area contributed by atoms with Gasteiger partial charge in [-0.05, 0) is 24.8 Å². The summed E-state index contributed by atoms with van der Waals surface area (Å²) >= 11 is 7.52. The Labute approximate surface area is 127 Å². The first-order chi connectivity index (χ1) is 9.50. The fourth-order valence-corrected chi connectivity index (χ4v) is 2.76. The van der Waals surface area contributed by atoms with Crippen LogP contribution >= 0.6 is 23.5 Å². The van der Waals surface area contributed by atoms with Gasteiger partial charge >= 0.3 is 0 Å². The van der Waals surface area contributed by atoms with Gasteiger partial charge in [-0.3, -0.25) is 0 Å². The zero-order valence-corrected chi connectivity index (χ0v) is 12.8. The van der Waals surface area contributed by atoms with Crippen molar-refractivity contribution in [2.24, 2.45) is 5.92 Å². The first kappa shape index (κ1) is 15.6. The van der Waals surface area contributed by atoms with Crippen LogP contribution in [0.25, 0.3) is 6.08 Å². The van der Waals surface area contributed by atoms with Crippen LogP contribution in [0.5, 0.6) is 0 Å². The van der Waals surface area contributed by atoms with Gasteiger partial charge in [0.05, 0.1) is 11.9 Å². The molecule has 0 aromatic carbocycles. The Kier molecular flexibility index (Phi) is 5.27. The molecular formula is C14H17ClF2N2S. The Morgan fingerprint density at radius 2 is 2.15 bits per heavy atom. The maximum atomic E-state index is 13.1. The van der Waals surface area contributed by atoms with Crippen molar-refractivity contribution in [2.75, 3.05) is 11.0 Å². The largest absolute Gasteiger partial charge is 0.329 e. The lowest BCUT2D eigenvalue weighted by atomic mass is 9.86. The van der Waals surface area contributed by atoms with E-state index in [0.717, 1.165) is 11.3 Å². The third kappa shape index (κ3) is 4.35. The van der Waals surface area contributed by atoms with Gasteiger partial charge in [-0.25, -0.2) is 13.8 Å². The van der Waals surface area contributed by atoms with Crippen LogP contribution in [-0.4, -0.2) is 17.2 Å². The van der Waals surface area contributed by atoms with Crippen LogP contribution in [-0.2, 0) is 0 Å². The van der Waals surface area contributed by atoms with Gasteiger partial charge < -0.3 is 4.72 Å². The van der Waals surface area contributed by atoms with Crippen molar-refractivity contribution < 1.29 is 8.78 Å². The van der Waals surface area contributed by atoms with Crippen LogP contribution in [0.4, 0.5) is 14.5 Å². The van der Waals surface area contributed by atoms with E-state index in [-0.39, 0.29) is 18.8 Å². The smallest absolute Gasteiger partial charge is 0.248 e. The molecule has 1 fully saturated rings. The molecule has 0 saturated heterocycles. The van der Waals surface area contributed by atoms with Crippen molar-refractivity contribution in [3.8, 4) is 0 Å². The molecule has 1 aliphatic rings. The highest BCUT2D eigenvalue weighted by atomic mass is 35.5. The van der Waals surface area contributed by atoms with Gasteiger partial charge in [-0.2, -0.15) is 0 Å². The molecular weight excluding hydrogens is 302 g/mol. The second-order valence-corrected chi connectivity index (χ2v) is 5.93. The highest BCUT2D eigenvalue weighted by Crippen LogP contribution is 2.37. The highest BCUT2D eigenvalue weighted by Gasteiger charge is 2.33. The van der Waals surface area contributed by atoms with E-state index in [1.807, 2.05) is 24.5 Å². The first-order valence-electron chi connectivity index (χ1n) is 6.51. The van der Waals surface area contributed by atoms with E-state index in [1.54, 1.807) is 6.20 Å². The van der Waals surface area contributed by atoms with E-state index in [1.165, 1.54) is 11.9 Å². The number of hydrogen-bond acceptors (Lipinski definition) is 3. The van der Waals surface area contributed by atoms with Gasteiger partial charge in [0.1, 0.15) is 5.15 Å². The average molecular weight is 319 g/mol. The van der Waals surface area contributed by atoms with E-state index in [4.69, 9.17) is 11.6 Å². The molecule has 0 bridgehead atoms. The van der Waals surface area contributed by atoms with Gasteiger partial charge in [0.15, 0.2) is 0 Å². The third-order valence-corrected chi connectivity index (χ3v) is 4.15. The second-order valence-electron chi connectivity index (χ2n) is 4.96. The van der Waals surface area contributed by atoms with Gasteiger partial charge in [-0.1, -0.05) is 35.7 Å². The summed E-state index contributed by atoms with van der Waals surface area (Å²) in [7, 11) is 0. The topological polar surface area (TPSA) is 24.9 Å². The summed E-state index contributed by atoms with van der Waals surface area (Å²) in [5, 5.41) is 0.425. The predicted octanol–water partition coefficient (Wildman–Crippen LogP) is 5.26. The highest BCUT2D eigenvalue weighted by molar-refractivity contribution is 7.99. The molecule has 1 aromatic rings. The van der Waals surface area contributed by atoms with E-state index in [9.17, 15) is 8.78 Å². The fourth-order valence-electron chi connectivity index (χ4n) is 2.25. The predicted molar refractivity (Wildman–Crippen MR) is 82.3 cm³/mol. The van der Waals surface area contributed by atoms with Gasteiger partial charge in [-0.15, -0.1) is 0 Å². The molecule has 0 atom stereocenters. The normalized spacial score (nSPS) is 19.4. The molecule has 0 aliphatic heterocycles. The summed E-state index contributed by atoms with van der Waals surface area (Å²) < 4.78 is 29.2. The van der Waals surface area contributed by atoms with Crippen molar-refractivity contribution in [3.05, 3.63) is 29.1 Å². The minimum atomic E-state index is -2.48. The number of halogens is 3. The summed E-state index contributed by atoms with van der Waals surface area (Å²) in [5.41, 5.74) is 1.68. The van der Waals surface area contributed by atoms with Gasteiger partial charge in [0, 0.05) is 24.7 Å². The molecule has 1 saturated carbocycles. The molecule has 2 nitrogen and oxygen atoms in total. The van der Waals surface area contributed by atoms with Crippen molar-refractivity contribution >= 4 is 35.3 Å². The summed E-state index contributed by atoms with van der Waals surface area (Å²) in [6.45, 7) is 0. The number of alkyl halides is 2. The molecule has 1 aliphatic carbocycles. The molecule has 0 spiro atoms. The minimum absolute atomic E-state index is 0.0257. The fraction of sp³-hybridized carbons (Fsp3) is 0.500. The second kappa shape index (κ2) is 6.76. The monoisotopic (exact) mass is 318 g/mol. The van der Waals surface area contributed by atoms with Crippen molar-refractivity contribution in [3.63, 3.8) is 0 Å². The average Bonchev–Trinajstić information content (AvgIpc) is 2.41. The molecule has 0 radical (unpaired) electrons. The molecule has 0 unspecified atom stereocenters. The van der Waals surface area contributed by atoms with E-state index in [2.05, 4.69) is 9.71 Å². The number of aromatic nitrogens is 1. The number of nitrogens with zero attached hydrogens (tertiary/aromatic N) is 1. The van der Waals surface area contributed by atoms with Crippen LogP contribution in [0.2, 0.25) is 5.15 Å². The number of nitrogens with one attached hydrogen (secondary N) is 1. The Balaban J connectivity index is 2.02. The molecule has 1 aromatic heterocycles. The van der Waals surface area contributed by atoms with Crippen molar-refractivity contribution in [1.82, 2.24) is 4.98 Å². The number of hydrogen-bond donors (Lipinski definition) is 1. The molecule has 110 valence electrons. The lowest BCUT2D eigenvalue weighted by Crippen LogP contribution is -2.23. The zero-order valence-electron chi connectivity index (χ0n) is 11.2. The van der Waals surface area contributed by atoms with Crippen LogP contribution in [0.3, 0.4) is 0 Å². The number of rotatable bonds is 4. The number of anilines is 1. The number of allylic oxidation sites excluding steroid dienone is 1. The van der Waals surface area contributed by atoms with E-state index in [0.29, 0.717) is 18.0 Å². The molecule has 20 heavy (non-hydrogen) atoms. The lowest BCUT2D eigenvalue weighted by Gasteiger charge is -2.26. The zero-order chi connectivity index (χ0) is 14.6. The summed E-state index contributed by atoms with van der Waals surface area (Å²) in [4.78, 5) is 4.10. The summed E-state index contributed by atoms with van der Waals surface area (Å²) in [6.07, 6.45) is 8.44. The molecule has 2 rings (SSSR count). The lowest BCUT2D eigenvalue weighted by molar-refractivity contribution is -0.0410. The molecule has 1 N–H and O–H groups in total. The van der Waals surface area contributed by atoms with Crippen LogP contribution in [0.15, 0.2) is 18.3 Å². The first-order valence-corrected chi connectivity index (χ1v) is 8.11. The van der Waals surface area contributed by atoms with E-state index >= 15 is 0 Å². The molecule has 6 heteroatoms. The van der Waals surface area contributed by atoms with Gasteiger partial charge in [0.2, 0.25) is 5.92 Å². The van der Waals surface area contributed by atoms with Crippen LogP contribution < -0.4 is 4.72 Å². The van der Waals surface area contributed by atoms with Crippen molar-refractivity contribution in [2.45, 2.75) is 31.6 Å². The summed E-state index contributed by atoms with van der Waals surface area (Å²) in [6, 6.07) is 1.90. The SMILES string of the molecule is CSNc1cnc(Cl)c(/C=C/C2CCC(F)(F)CC2)c1. The maximum absolute atomic E-state index is 13.1. The van der Waals surface area contributed by atoms with E-state index < -0.39 is 5.92 Å². The van der Waals surface area contributed by atoms with Gasteiger partial charge in [0.25, 0.3) is 0 Å². The Bertz CT molecular complexity index is 484. The third-order valence-electron chi connectivity index (χ3n) is 3.40. The minimum Gasteiger partial charge on any atom is -0.329 e. The molecule has 1 heterocycles. The van der Waals surface area contributed by atoms with Crippen molar-refractivity contribution in [1.29, 1.82) is 0 Å². The Morgan fingerprint density at radius 1 is 1.45 bits per heavy atom. The number of pyridine rings is 1. The standard InChI is InChI=1S/C14H17ClF2N2S/c1-20-19-12-8-11(13(15)18-9-12)3-2-10-4-6-14(16,17)7-5-10/h2-3,8-10,19H,4-7H2,1H3/b3-2+. The van der Waals surface area contributed by atoms with Crippen LogP contribution in [0.1, 0.15) is 31.2 Å². The van der Waals surface area contributed by atoms with Crippen LogP contribution in [0, 0.1) is 5.92 Å². The maximum Gasteiger partial charge on any atom is 0.248 e. The Morgan fingerprint density at radius 3 is 2.80 bits per heavy atom. The Hall–Kier alpha value is -0.810. The summed E-state index contributed by atoms with van der Waals surface area (Å²) in [5.74, 6) is -2.28.